The van der Waals surface area contributed by atoms with Crippen molar-refractivity contribution in [2.75, 3.05) is 13.1 Å². The molecular weight excluding hydrogens is 532 g/mol. The number of nitrogens with zero attached hydrogens (tertiary/aromatic N) is 3. The summed E-state index contributed by atoms with van der Waals surface area (Å²) in [5, 5.41) is 3.49. The van der Waals surface area contributed by atoms with E-state index in [0.717, 1.165) is 28.1 Å². The molecule has 4 rings (SSSR count). The fourth-order valence-corrected chi connectivity index (χ4v) is 6.31. The first-order valence-corrected chi connectivity index (χ1v) is 14.5. The normalized spacial score (nSPS) is 18.8. The molecular formula is C30H35ClN4O3S. The highest BCUT2D eigenvalue weighted by molar-refractivity contribution is 7.13. The molecule has 2 aliphatic heterocycles. The van der Waals surface area contributed by atoms with Gasteiger partial charge in [-0.15, -0.1) is 11.3 Å². The summed E-state index contributed by atoms with van der Waals surface area (Å²) in [6.45, 7) is 12.5. The van der Waals surface area contributed by atoms with E-state index in [1.54, 1.807) is 34.1 Å². The maximum absolute atomic E-state index is 13.9. The van der Waals surface area contributed by atoms with E-state index in [1.807, 2.05) is 50.5 Å². The van der Waals surface area contributed by atoms with Gasteiger partial charge in [0.1, 0.15) is 12.1 Å². The summed E-state index contributed by atoms with van der Waals surface area (Å²) in [4.78, 5) is 49.1. The second-order valence-corrected chi connectivity index (χ2v) is 11.5. The first-order chi connectivity index (χ1) is 18.7. The van der Waals surface area contributed by atoms with Crippen LogP contribution >= 0.6 is 22.9 Å². The van der Waals surface area contributed by atoms with Crippen molar-refractivity contribution in [2.24, 2.45) is 5.92 Å². The molecule has 1 saturated heterocycles. The number of rotatable bonds is 9. The smallest absolute Gasteiger partial charge is 0.255 e. The summed E-state index contributed by atoms with van der Waals surface area (Å²) < 4.78 is 0. The number of thiazole rings is 1. The Morgan fingerprint density at radius 3 is 2.59 bits per heavy atom. The monoisotopic (exact) mass is 566 g/mol. The molecule has 9 heteroatoms. The summed E-state index contributed by atoms with van der Waals surface area (Å²) in [6, 6.07) is 6.79. The average Bonchev–Trinajstić information content (AvgIpc) is 3.66. The van der Waals surface area contributed by atoms with Crippen molar-refractivity contribution < 1.29 is 14.4 Å². The molecule has 2 aromatic rings. The lowest BCUT2D eigenvalue weighted by atomic mass is 10.00. The predicted octanol–water partition coefficient (Wildman–Crippen LogP) is 5.22. The van der Waals surface area contributed by atoms with Crippen LogP contribution in [0.2, 0.25) is 0 Å². The largest absolute Gasteiger partial charge is 0.350 e. The SMILES string of the molecule is C=CC1=C(/C(Cl)=C\C)CN(C(C(=O)N2CCCC2C(=O)NCc2ccc(-c3scnc3C)cc2)C(C)C)C1=O. The highest BCUT2D eigenvalue weighted by Gasteiger charge is 2.44. The van der Waals surface area contributed by atoms with Crippen LogP contribution in [-0.2, 0) is 20.9 Å². The van der Waals surface area contributed by atoms with Crippen molar-refractivity contribution in [3.63, 3.8) is 0 Å². The lowest BCUT2D eigenvalue weighted by Crippen LogP contribution is -2.55. The van der Waals surface area contributed by atoms with Crippen molar-refractivity contribution in [3.05, 3.63) is 75.9 Å². The number of aromatic nitrogens is 1. The average molecular weight is 567 g/mol. The van der Waals surface area contributed by atoms with E-state index in [1.165, 1.54) is 6.08 Å². The number of amides is 3. The van der Waals surface area contributed by atoms with Crippen LogP contribution in [-0.4, -0.2) is 57.7 Å². The number of halogens is 1. The fraction of sp³-hybridized carbons (Fsp3) is 0.400. The lowest BCUT2D eigenvalue weighted by molar-refractivity contribution is -0.147. The van der Waals surface area contributed by atoms with Crippen LogP contribution in [0.3, 0.4) is 0 Å². The first-order valence-electron chi connectivity index (χ1n) is 13.2. The number of aryl methyl sites for hydroxylation is 1. The molecule has 0 aliphatic carbocycles. The van der Waals surface area contributed by atoms with Crippen molar-refractivity contribution in [1.82, 2.24) is 20.1 Å². The molecule has 3 heterocycles. The van der Waals surface area contributed by atoms with Crippen LogP contribution in [0.4, 0.5) is 0 Å². The van der Waals surface area contributed by atoms with E-state index in [2.05, 4.69) is 16.9 Å². The molecule has 2 aliphatic rings. The standard InChI is InChI=1S/C30H35ClN4O3S/c1-6-22-23(24(31)7-2)16-35(29(22)37)26(18(3)4)30(38)34-14-8-9-25(34)28(36)32-15-20-10-12-21(13-11-20)27-19(5)33-17-39-27/h6-7,10-13,17-18,25-26H,1,8-9,14-16H2,2-5H3,(H,32,36)/b24-7+. The van der Waals surface area contributed by atoms with Crippen LogP contribution in [0.1, 0.15) is 44.9 Å². The number of likely N-dealkylation sites (tertiary alicyclic amines) is 1. The Bertz CT molecular complexity index is 1330. The van der Waals surface area contributed by atoms with Gasteiger partial charge in [0.2, 0.25) is 11.8 Å². The molecule has 0 saturated carbocycles. The van der Waals surface area contributed by atoms with Gasteiger partial charge in [0.05, 0.1) is 16.1 Å². The predicted molar refractivity (Wildman–Crippen MR) is 156 cm³/mol. The quantitative estimate of drug-likeness (QED) is 0.451. The zero-order chi connectivity index (χ0) is 28.3. The van der Waals surface area contributed by atoms with Crippen LogP contribution in [0.15, 0.2) is 64.7 Å². The molecule has 2 atom stereocenters. The summed E-state index contributed by atoms with van der Waals surface area (Å²) in [7, 11) is 0. The zero-order valence-electron chi connectivity index (χ0n) is 22.9. The van der Waals surface area contributed by atoms with Crippen LogP contribution in [0, 0.1) is 12.8 Å². The molecule has 7 nitrogen and oxygen atoms in total. The Hall–Kier alpha value is -3.23. The summed E-state index contributed by atoms with van der Waals surface area (Å²) >= 11 is 7.99. The third-order valence-electron chi connectivity index (χ3n) is 7.38. The van der Waals surface area contributed by atoms with Gasteiger partial charge in [0.15, 0.2) is 0 Å². The number of carbonyl (C=O) groups is 3. The van der Waals surface area contributed by atoms with Gasteiger partial charge in [0, 0.05) is 35.8 Å². The number of nitrogens with one attached hydrogen (secondary N) is 1. The number of hydrogen-bond donors (Lipinski definition) is 1. The van der Waals surface area contributed by atoms with E-state index in [9.17, 15) is 14.4 Å². The third-order valence-corrected chi connectivity index (χ3v) is 8.80. The first kappa shape index (κ1) is 28.8. The molecule has 1 aromatic carbocycles. The second-order valence-electron chi connectivity index (χ2n) is 10.2. The Morgan fingerprint density at radius 1 is 1.28 bits per heavy atom. The molecule has 206 valence electrons. The minimum atomic E-state index is -0.706. The van der Waals surface area contributed by atoms with Gasteiger partial charge >= 0.3 is 0 Å². The zero-order valence-corrected chi connectivity index (χ0v) is 24.4. The molecule has 0 bridgehead atoms. The molecule has 0 spiro atoms. The molecule has 1 fully saturated rings. The van der Waals surface area contributed by atoms with Crippen molar-refractivity contribution in [2.45, 2.75) is 59.2 Å². The summed E-state index contributed by atoms with van der Waals surface area (Å²) in [5.74, 6) is -0.798. The highest BCUT2D eigenvalue weighted by atomic mass is 35.5. The Kier molecular flexibility index (Phi) is 9.08. The van der Waals surface area contributed by atoms with E-state index < -0.39 is 12.1 Å². The van der Waals surface area contributed by atoms with Crippen LogP contribution in [0.25, 0.3) is 10.4 Å². The maximum Gasteiger partial charge on any atom is 0.255 e. The van der Waals surface area contributed by atoms with Gasteiger partial charge in [-0.25, -0.2) is 4.98 Å². The molecule has 1 aromatic heterocycles. The maximum atomic E-state index is 13.9. The van der Waals surface area contributed by atoms with Crippen molar-refractivity contribution >= 4 is 40.7 Å². The Balaban J connectivity index is 1.44. The number of carbonyl (C=O) groups excluding carboxylic acids is 3. The molecule has 2 unspecified atom stereocenters. The van der Waals surface area contributed by atoms with Gasteiger partial charge in [-0.2, -0.15) is 0 Å². The van der Waals surface area contributed by atoms with Gasteiger partial charge in [-0.1, -0.05) is 68.4 Å². The van der Waals surface area contributed by atoms with Crippen LogP contribution in [0.5, 0.6) is 0 Å². The molecule has 39 heavy (non-hydrogen) atoms. The van der Waals surface area contributed by atoms with Gasteiger partial charge < -0.3 is 15.1 Å². The van der Waals surface area contributed by atoms with E-state index in [0.29, 0.717) is 35.7 Å². The minimum Gasteiger partial charge on any atom is -0.350 e. The van der Waals surface area contributed by atoms with E-state index in [4.69, 9.17) is 11.6 Å². The topological polar surface area (TPSA) is 82.6 Å². The number of benzene rings is 1. The van der Waals surface area contributed by atoms with Gasteiger partial charge in [-0.05, 0) is 43.7 Å². The second kappa shape index (κ2) is 12.3. The van der Waals surface area contributed by atoms with Gasteiger partial charge in [0.25, 0.3) is 5.91 Å². The minimum absolute atomic E-state index is 0.152. The highest BCUT2D eigenvalue weighted by Crippen LogP contribution is 2.33. The van der Waals surface area contributed by atoms with E-state index >= 15 is 0 Å². The number of allylic oxidation sites excluding steroid dienone is 1. The summed E-state index contributed by atoms with van der Waals surface area (Å²) in [6.07, 6.45) is 4.56. The summed E-state index contributed by atoms with van der Waals surface area (Å²) in [5.41, 5.74) is 6.00. The van der Waals surface area contributed by atoms with Gasteiger partial charge in [-0.3, -0.25) is 14.4 Å². The van der Waals surface area contributed by atoms with Crippen LogP contribution < -0.4 is 5.32 Å². The lowest BCUT2D eigenvalue weighted by Gasteiger charge is -2.35. The Labute approximate surface area is 239 Å². The molecule has 1 N–H and O–H groups in total. The molecule has 0 radical (unpaired) electrons. The third kappa shape index (κ3) is 5.87. The van der Waals surface area contributed by atoms with Crippen molar-refractivity contribution in [3.8, 4) is 10.4 Å². The van der Waals surface area contributed by atoms with E-state index in [-0.39, 0.29) is 30.2 Å². The van der Waals surface area contributed by atoms with Crippen molar-refractivity contribution in [1.29, 1.82) is 0 Å². The number of hydrogen-bond acceptors (Lipinski definition) is 5. The Morgan fingerprint density at radius 2 is 2.00 bits per heavy atom. The fourth-order valence-electron chi connectivity index (χ4n) is 5.34. The molecule has 3 amide bonds.